The molecule has 1 amide bonds. The van der Waals surface area contributed by atoms with Gasteiger partial charge in [0.15, 0.2) is 5.78 Å². The van der Waals surface area contributed by atoms with Crippen LogP contribution in [0.4, 0.5) is 5.69 Å². The summed E-state index contributed by atoms with van der Waals surface area (Å²) in [5.74, 6) is -0.0311. The van der Waals surface area contributed by atoms with Gasteiger partial charge in [0.2, 0.25) is 5.91 Å². The molecule has 0 bridgehead atoms. The Morgan fingerprint density at radius 1 is 1.39 bits per heavy atom. The fourth-order valence-corrected chi connectivity index (χ4v) is 2.12. The molecule has 0 aliphatic heterocycles. The molecule has 0 aromatic heterocycles. The highest BCUT2D eigenvalue weighted by atomic mass is 16.1. The minimum Gasteiger partial charge on any atom is -0.383 e. The first kappa shape index (κ1) is 12.4. The lowest BCUT2D eigenvalue weighted by Crippen LogP contribution is -2.06. The van der Waals surface area contributed by atoms with Gasteiger partial charge >= 0.3 is 0 Å². The minimum atomic E-state index is -0.108. The smallest absolute Gasteiger partial charge is 0.221 e. The molecule has 0 heterocycles. The summed E-state index contributed by atoms with van der Waals surface area (Å²) in [5, 5.41) is 2.72. The molecule has 4 heteroatoms. The number of hydrogen-bond acceptors (Lipinski definition) is 3. The fourth-order valence-electron chi connectivity index (χ4n) is 2.12. The van der Waals surface area contributed by atoms with Gasteiger partial charge < -0.3 is 10.2 Å². The van der Waals surface area contributed by atoms with Crippen molar-refractivity contribution in [3.63, 3.8) is 0 Å². The molecule has 0 atom stereocenters. The van der Waals surface area contributed by atoms with Crippen molar-refractivity contribution in [1.82, 2.24) is 4.90 Å². The van der Waals surface area contributed by atoms with E-state index in [2.05, 4.69) is 5.32 Å². The molecule has 0 unspecified atom stereocenters. The van der Waals surface area contributed by atoms with E-state index in [-0.39, 0.29) is 11.7 Å². The summed E-state index contributed by atoms with van der Waals surface area (Å²) in [6.45, 7) is 1.47. The molecule has 1 aliphatic carbocycles. The van der Waals surface area contributed by atoms with E-state index in [1.165, 1.54) is 6.92 Å². The van der Waals surface area contributed by atoms with Crippen LogP contribution >= 0.6 is 0 Å². The van der Waals surface area contributed by atoms with Gasteiger partial charge in [-0.2, -0.15) is 0 Å². The maximum atomic E-state index is 12.1. The summed E-state index contributed by atoms with van der Waals surface area (Å²) in [7, 11) is 3.79. The van der Waals surface area contributed by atoms with Gasteiger partial charge in [0.1, 0.15) is 0 Å². The summed E-state index contributed by atoms with van der Waals surface area (Å²) < 4.78 is 0. The molecule has 0 spiro atoms. The molecule has 1 aromatic carbocycles. The SMILES string of the molecule is CC(=O)Nc1ccc2c(c1)C/C(=C\N(C)C)C2=O. The highest BCUT2D eigenvalue weighted by Crippen LogP contribution is 2.28. The third-order valence-corrected chi connectivity index (χ3v) is 2.76. The van der Waals surface area contributed by atoms with Crippen LogP contribution in [0.15, 0.2) is 30.0 Å². The largest absolute Gasteiger partial charge is 0.383 e. The van der Waals surface area contributed by atoms with E-state index in [9.17, 15) is 9.59 Å². The lowest BCUT2D eigenvalue weighted by atomic mass is 10.1. The van der Waals surface area contributed by atoms with E-state index in [1.807, 2.05) is 31.3 Å². The average Bonchev–Trinajstić information content (AvgIpc) is 2.54. The Hall–Kier alpha value is -2.10. The molecule has 18 heavy (non-hydrogen) atoms. The third kappa shape index (κ3) is 2.42. The summed E-state index contributed by atoms with van der Waals surface area (Å²) in [4.78, 5) is 24.9. The van der Waals surface area contributed by atoms with Gasteiger partial charge in [-0.3, -0.25) is 9.59 Å². The first-order chi connectivity index (χ1) is 8.47. The quantitative estimate of drug-likeness (QED) is 0.807. The number of nitrogens with one attached hydrogen (secondary N) is 1. The van der Waals surface area contributed by atoms with Crippen LogP contribution in [0.25, 0.3) is 0 Å². The Bertz CT molecular complexity index is 545. The number of ketones is 1. The van der Waals surface area contributed by atoms with Crippen molar-refractivity contribution in [3.8, 4) is 0 Å². The van der Waals surface area contributed by atoms with Crippen LogP contribution < -0.4 is 5.32 Å². The number of nitrogens with zero attached hydrogens (tertiary/aromatic N) is 1. The van der Waals surface area contributed by atoms with Gasteiger partial charge in [-0.25, -0.2) is 0 Å². The van der Waals surface area contributed by atoms with Crippen LogP contribution in [0, 0.1) is 0 Å². The first-order valence-electron chi connectivity index (χ1n) is 5.79. The molecule has 1 aromatic rings. The van der Waals surface area contributed by atoms with Gasteiger partial charge in [-0.1, -0.05) is 0 Å². The summed E-state index contributed by atoms with van der Waals surface area (Å²) in [6, 6.07) is 5.40. The van der Waals surface area contributed by atoms with Crippen molar-refractivity contribution in [1.29, 1.82) is 0 Å². The number of amides is 1. The summed E-state index contributed by atoms with van der Waals surface area (Å²) in [6.07, 6.45) is 2.47. The number of hydrogen-bond donors (Lipinski definition) is 1. The van der Waals surface area contributed by atoms with Crippen LogP contribution in [0.2, 0.25) is 0 Å². The molecule has 2 rings (SSSR count). The highest BCUT2D eigenvalue weighted by molar-refractivity contribution is 6.13. The number of rotatable bonds is 2. The predicted octanol–water partition coefficient (Wildman–Crippen LogP) is 1.83. The Morgan fingerprint density at radius 2 is 2.11 bits per heavy atom. The predicted molar refractivity (Wildman–Crippen MR) is 70.6 cm³/mol. The number of fused-ring (bicyclic) bond motifs is 1. The second-order valence-electron chi connectivity index (χ2n) is 4.68. The van der Waals surface area contributed by atoms with Gasteiger partial charge in [0, 0.05) is 50.5 Å². The molecule has 0 saturated heterocycles. The zero-order valence-corrected chi connectivity index (χ0v) is 10.8. The molecule has 4 nitrogen and oxygen atoms in total. The standard InChI is InChI=1S/C14H16N2O2/c1-9(17)15-12-4-5-13-10(7-12)6-11(14(13)18)8-16(2)3/h4-5,7-8H,6H2,1-3H3,(H,15,17)/b11-8+. The van der Waals surface area contributed by atoms with Gasteiger partial charge in [0.25, 0.3) is 0 Å². The van der Waals surface area contributed by atoms with E-state index in [1.54, 1.807) is 12.1 Å². The highest BCUT2D eigenvalue weighted by Gasteiger charge is 2.25. The van der Waals surface area contributed by atoms with Gasteiger partial charge in [-0.15, -0.1) is 0 Å². The minimum absolute atomic E-state index is 0.0769. The van der Waals surface area contributed by atoms with E-state index in [4.69, 9.17) is 0 Å². The fraction of sp³-hybridized carbons (Fsp3) is 0.286. The van der Waals surface area contributed by atoms with Crippen LogP contribution in [-0.4, -0.2) is 30.7 Å². The van der Waals surface area contributed by atoms with E-state index in [0.29, 0.717) is 6.42 Å². The number of Topliss-reactive ketones (excluding diaryl/α,β-unsaturated/α-hetero) is 1. The molecule has 1 N–H and O–H groups in total. The maximum Gasteiger partial charge on any atom is 0.221 e. The second-order valence-corrected chi connectivity index (χ2v) is 4.68. The molecule has 94 valence electrons. The monoisotopic (exact) mass is 244 g/mol. The number of allylic oxidation sites excluding steroid dienone is 1. The molecule has 1 aliphatic rings. The molecule has 0 fully saturated rings. The summed E-state index contributed by atoms with van der Waals surface area (Å²) in [5.41, 5.74) is 3.23. The number of carbonyl (C=O) groups is 2. The van der Waals surface area contributed by atoms with Crippen molar-refractivity contribution >= 4 is 17.4 Å². The Morgan fingerprint density at radius 3 is 2.72 bits per heavy atom. The number of carbonyl (C=O) groups excluding carboxylic acids is 2. The van der Waals surface area contributed by atoms with E-state index < -0.39 is 0 Å². The van der Waals surface area contributed by atoms with E-state index >= 15 is 0 Å². The molecule has 0 radical (unpaired) electrons. The van der Waals surface area contributed by atoms with E-state index in [0.717, 1.165) is 22.4 Å². The topological polar surface area (TPSA) is 49.4 Å². The van der Waals surface area contributed by atoms with Crippen LogP contribution in [0.1, 0.15) is 22.8 Å². The van der Waals surface area contributed by atoms with Crippen LogP contribution in [0.5, 0.6) is 0 Å². The van der Waals surface area contributed by atoms with Crippen molar-refractivity contribution < 1.29 is 9.59 Å². The van der Waals surface area contributed by atoms with Crippen LogP contribution in [0.3, 0.4) is 0 Å². The zero-order valence-electron chi connectivity index (χ0n) is 10.8. The molecular formula is C14H16N2O2. The number of benzene rings is 1. The van der Waals surface area contributed by atoms with Gasteiger partial charge in [-0.05, 0) is 23.8 Å². The zero-order chi connectivity index (χ0) is 13.3. The second kappa shape index (κ2) is 4.64. The van der Waals surface area contributed by atoms with Crippen molar-refractivity contribution in [2.24, 2.45) is 0 Å². The molecule has 0 saturated carbocycles. The van der Waals surface area contributed by atoms with Crippen molar-refractivity contribution in [2.45, 2.75) is 13.3 Å². The molecular weight excluding hydrogens is 228 g/mol. The first-order valence-corrected chi connectivity index (χ1v) is 5.79. The Labute approximate surface area is 106 Å². The summed E-state index contributed by atoms with van der Waals surface area (Å²) >= 11 is 0. The van der Waals surface area contributed by atoms with Gasteiger partial charge in [0.05, 0.1) is 0 Å². The van der Waals surface area contributed by atoms with Crippen molar-refractivity contribution in [2.75, 3.05) is 19.4 Å². The number of anilines is 1. The lowest BCUT2D eigenvalue weighted by Gasteiger charge is -2.05. The lowest BCUT2D eigenvalue weighted by molar-refractivity contribution is -0.114. The Balaban J connectivity index is 2.31. The van der Waals surface area contributed by atoms with Crippen LogP contribution in [-0.2, 0) is 11.2 Å². The Kier molecular flexibility index (Phi) is 3.19. The average molecular weight is 244 g/mol. The third-order valence-electron chi connectivity index (χ3n) is 2.76. The maximum absolute atomic E-state index is 12.1. The van der Waals surface area contributed by atoms with Crippen molar-refractivity contribution in [3.05, 3.63) is 41.1 Å². The normalized spacial score (nSPS) is 15.7.